The first-order chi connectivity index (χ1) is 45.3. The van der Waals surface area contributed by atoms with Crippen LogP contribution in [0.4, 0.5) is 0 Å². The molecule has 7 unspecified atom stereocenters. The third kappa shape index (κ3) is 57.5. The van der Waals surface area contributed by atoms with Crippen LogP contribution in [-0.4, -0.2) is 87.5 Å². The summed E-state index contributed by atoms with van der Waals surface area (Å²) in [6.45, 7) is 3.74. The van der Waals surface area contributed by atoms with Crippen LogP contribution in [-0.2, 0) is 14.3 Å². The van der Waals surface area contributed by atoms with E-state index in [1.165, 1.54) is 161 Å². The molecular formula is C83H141NO8. The van der Waals surface area contributed by atoms with Gasteiger partial charge in [-0.15, -0.1) is 0 Å². The topological polar surface area (TPSA) is 149 Å². The average molecular weight is 1280 g/mol. The first kappa shape index (κ1) is 86.1. The second-order valence-electron chi connectivity index (χ2n) is 25.7. The molecule has 0 saturated carbocycles. The van der Waals surface area contributed by atoms with Gasteiger partial charge in [0, 0.05) is 6.42 Å². The fourth-order valence-electron chi connectivity index (χ4n) is 11.3. The van der Waals surface area contributed by atoms with Crippen molar-refractivity contribution in [2.75, 3.05) is 13.2 Å². The zero-order valence-electron chi connectivity index (χ0n) is 59.0. The van der Waals surface area contributed by atoms with Crippen LogP contribution in [0.5, 0.6) is 0 Å². The fourth-order valence-corrected chi connectivity index (χ4v) is 11.3. The number of hydrogen-bond acceptors (Lipinski definition) is 8. The van der Waals surface area contributed by atoms with E-state index in [9.17, 15) is 30.3 Å². The van der Waals surface area contributed by atoms with Gasteiger partial charge in [-0.2, -0.15) is 0 Å². The van der Waals surface area contributed by atoms with Crippen molar-refractivity contribution in [3.63, 3.8) is 0 Å². The van der Waals surface area contributed by atoms with Gasteiger partial charge in [0.2, 0.25) is 5.91 Å². The number of unbranched alkanes of at least 4 members (excludes halogenated alkanes) is 31. The Hall–Kier alpha value is -3.93. The molecule has 1 amide bonds. The summed E-state index contributed by atoms with van der Waals surface area (Å²) >= 11 is 0. The lowest BCUT2D eigenvalue weighted by Gasteiger charge is -2.40. The largest absolute Gasteiger partial charge is 0.394 e. The van der Waals surface area contributed by atoms with E-state index in [-0.39, 0.29) is 12.5 Å². The molecule has 0 aromatic heterocycles. The number of carbonyl (C=O) groups excluding carboxylic acids is 1. The lowest BCUT2D eigenvalue weighted by Crippen LogP contribution is -2.60. The molecule has 1 aliphatic heterocycles. The van der Waals surface area contributed by atoms with Crippen LogP contribution < -0.4 is 5.32 Å². The standard InChI is InChI=1S/C83H141NO8/c1-3-5-7-9-11-13-15-17-19-21-23-25-27-29-31-33-34-35-36-37-38-39-40-41-42-43-44-45-47-49-51-53-55-57-59-61-63-65-67-69-71-73-79(87)84-76(75-91-83-82(90)81(89)80(88)78(74-85)92-83)77(86)72-70-68-66-64-62-60-58-56-54-52-50-48-46-32-30-28-26-24-22-20-18-16-14-12-10-8-6-4-2/h5,7,11,13,17,19,23,25,29,31,34-35,37-38,40-41,43-44,47,49,53,55,59,61,76-78,80-83,85-86,88-90H,3-4,6,8-10,12,14-16,18,20-22,24,26-28,30,32-33,36,39,42,45-46,48,50-52,54,56-58,60,62-75H2,1-2H3,(H,84,87)/b7-5-,13-11-,19-17-,25-23-,31-29-,35-34-,38-37-,41-40-,44-43-,49-47-,55-53-,61-59-. The van der Waals surface area contributed by atoms with Gasteiger partial charge >= 0.3 is 0 Å². The molecule has 0 bridgehead atoms. The summed E-state index contributed by atoms with van der Waals surface area (Å²) in [5.74, 6) is -0.170. The molecule has 9 heteroatoms. The molecule has 0 spiro atoms. The smallest absolute Gasteiger partial charge is 0.220 e. The molecule has 0 aliphatic carbocycles. The van der Waals surface area contributed by atoms with Gasteiger partial charge in [-0.25, -0.2) is 0 Å². The highest BCUT2D eigenvalue weighted by Gasteiger charge is 2.44. The maximum Gasteiger partial charge on any atom is 0.220 e. The molecule has 7 atom stereocenters. The van der Waals surface area contributed by atoms with Crippen LogP contribution in [0.1, 0.15) is 316 Å². The molecule has 9 nitrogen and oxygen atoms in total. The van der Waals surface area contributed by atoms with Gasteiger partial charge in [0.05, 0.1) is 25.4 Å². The number of allylic oxidation sites excluding steroid dienone is 24. The van der Waals surface area contributed by atoms with Crippen molar-refractivity contribution in [3.8, 4) is 0 Å². The van der Waals surface area contributed by atoms with Crippen molar-refractivity contribution in [3.05, 3.63) is 146 Å². The summed E-state index contributed by atoms with van der Waals surface area (Å²) in [5, 5.41) is 55.0. The predicted octanol–water partition coefficient (Wildman–Crippen LogP) is 21.7. The molecule has 1 saturated heterocycles. The van der Waals surface area contributed by atoms with Crippen LogP contribution in [0.15, 0.2) is 146 Å². The third-order valence-electron chi connectivity index (χ3n) is 17.2. The van der Waals surface area contributed by atoms with E-state index < -0.39 is 49.5 Å². The van der Waals surface area contributed by atoms with Crippen molar-refractivity contribution >= 4 is 5.91 Å². The second kappa shape index (κ2) is 69.9. The van der Waals surface area contributed by atoms with Crippen LogP contribution in [0.2, 0.25) is 0 Å². The first-order valence-electron chi connectivity index (χ1n) is 38.0. The maximum absolute atomic E-state index is 13.2. The Morgan fingerprint density at radius 3 is 1.00 bits per heavy atom. The van der Waals surface area contributed by atoms with Crippen molar-refractivity contribution in [1.29, 1.82) is 0 Å². The number of rotatable bonds is 65. The van der Waals surface area contributed by atoms with E-state index in [2.05, 4.69) is 165 Å². The van der Waals surface area contributed by atoms with E-state index in [4.69, 9.17) is 9.47 Å². The molecule has 1 fully saturated rings. The van der Waals surface area contributed by atoms with Gasteiger partial charge in [0.15, 0.2) is 6.29 Å². The predicted molar refractivity (Wildman–Crippen MR) is 396 cm³/mol. The van der Waals surface area contributed by atoms with Gasteiger partial charge in [-0.3, -0.25) is 4.79 Å². The number of carbonyl (C=O) groups is 1. The molecule has 1 rings (SSSR count). The molecule has 92 heavy (non-hydrogen) atoms. The van der Waals surface area contributed by atoms with E-state index in [1.807, 2.05) is 0 Å². The van der Waals surface area contributed by atoms with Crippen molar-refractivity contribution in [2.24, 2.45) is 0 Å². The fraction of sp³-hybridized carbons (Fsp3) is 0.699. The molecular weight excluding hydrogens is 1140 g/mol. The second-order valence-corrected chi connectivity index (χ2v) is 25.7. The lowest BCUT2D eigenvalue weighted by molar-refractivity contribution is -0.302. The summed E-state index contributed by atoms with van der Waals surface area (Å²) in [6, 6.07) is -0.746. The summed E-state index contributed by atoms with van der Waals surface area (Å²) in [7, 11) is 0. The third-order valence-corrected chi connectivity index (χ3v) is 17.2. The minimum atomic E-state index is -1.57. The highest BCUT2D eigenvalue weighted by Crippen LogP contribution is 2.24. The number of aliphatic hydroxyl groups excluding tert-OH is 5. The van der Waals surface area contributed by atoms with E-state index >= 15 is 0 Å². The summed E-state index contributed by atoms with van der Waals surface area (Å²) in [6.07, 6.45) is 101. The molecule has 0 aromatic carbocycles. The molecule has 1 heterocycles. The Kier molecular flexibility index (Phi) is 65.4. The van der Waals surface area contributed by atoms with Gasteiger partial charge in [-0.05, 0) is 103 Å². The van der Waals surface area contributed by atoms with Crippen LogP contribution in [0, 0.1) is 0 Å². The van der Waals surface area contributed by atoms with Gasteiger partial charge in [0.1, 0.15) is 24.4 Å². The summed E-state index contributed by atoms with van der Waals surface area (Å²) in [5.41, 5.74) is 0. The van der Waals surface area contributed by atoms with Crippen molar-refractivity contribution in [1.82, 2.24) is 5.32 Å². The highest BCUT2D eigenvalue weighted by atomic mass is 16.7. The summed E-state index contributed by atoms with van der Waals surface area (Å²) in [4.78, 5) is 13.2. The number of ether oxygens (including phenoxy) is 2. The normalized spacial score (nSPS) is 18.5. The number of aliphatic hydroxyl groups is 5. The Morgan fingerprint density at radius 2 is 0.674 bits per heavy atom. The minimum Gasteiger partial charge on any atom is -0.394 e. The van der Waals surface area contributed by atoms with Crippen molar-refractivity contribution in [2.45, 2.75) is 358 Å². The zero-order valence-corrected chi connectivity index (χ0v) is 59.0. The van der Waals surface area contributed by atoms with Crippen LogP contribution in [0.25, 0.3) is 0 Å². The van der Waals surface area contributed by atoms with Crippen molar-refractivity contribution < 1.29 is 39.8 Å². The van der Waals surface area contributed by atoms with Crippen LogP contribution >= 0.6 is 0 Å². The van der Waals surface area contributed by atoms with E-state index in [0.717, 1.165) is 128 Å². The van der Waals surface area contributed by atoms with Gasteiger partial charge in [-0.1, -0.05) is 352 Å². The minimum absolute atomic E-state index is 0.156. The molecule has 0 radical (unpaired) electrons. The average Bonchev–Trinajstić information content (AvgIpc) is 1.00. The Bertz CT molecular complexity index is 1970. The number of hydrogen-bond donors (Lipinski definition) is 6. The van der Waals surface area contributed by atoms with Gasteiger partial charge < -0.3 is 40.3 Å². The Labute approximate surface area is 565 Å². The van der Waals surface area contributed by atoms with Gasteiger partial charge in [0.25, 0.3) is 0 Å². The quantitative estimate of drug-likeness (QED) is 0.0261. The zero-order chi connectivity index (χ0) is 66.4. The molecule has 0 aromatic rings. The summed E-state index contributed by atoms with van der Waals surface area (Å²) < 4.78 is 11.4. The van der Waals surface area contributed by atoms with E-state index in [1.54, 1.807) is 0 Å². The first-order valence-corrected chi connectivity index (χ1v) is 38.0. The van der Waals surface area contributed by atoms with E-state index in [0.29, 0.717) is 12.8 Å². The monoisotopic (exact) mass is 1280 g/mol. The maximum atomic E-state index is 13.2. The lowest BCUT2D eigenvalue weighted by atomic mass is 9.99. The number of nitrogens with one attached hydrogen (secondary N) is 1. The highest BCUT2D eigenvalue weighted by molar-refractivity contribution is 5.76. The van der Waals surface area contributed by atoms with Crippen LogP contribution in [0.3, 0.4) is 0 Å². The SMILES string of the molecule is CC/C=C\C/C=C\C/C=C\C/C=C\C/C=C\C/C=C\C/C=C\C/C=C\C/C=C\C/C=C\C/C=C\C/C=C\CCCCCCC(=O)NC(COC1OC(CO)C(O)C(O)C1O)C(O)CCCCCCCCCCCCCCCCCCCCCCCCCCCCCC. The Morgan fingerprint density at radius 1 is 0.380 bits per heavy atom. The Balaban J connectivity index is 2.15. The molecule has 1 aliphatic rings. The number of amides is 1. The molecule has 526 valence electrons. The molecule has 6 N–H and O–H groups in total.